The number of hydrogen-bond donors (Lipinski definition) is 2. The number of nitrogens with two attached hydrogens (primary N) is 1. The summed E-state index contributed by atoms with van der Waals surface area (Å²) in [6.07, 6.45) is 6.61. The molecule has 0 aliphatic heterocycles. The highest BCUT2D eigenvalue weighted by Crippen LogP contribution is 2.27. The van der Waals surface area contributed by atoms with E-state index in [2.05, 4.69) is 10.9 Å². The van der Waals surface area contributed by atoms with Gasteiger partial charge in [0.25, 0.3) is 5.91 Å². The number of phenolic OH excluding ortho intramolecular Hbond substituents is 1. The Hall–Kier alpha value is -3.40. The number of pyridine rings is 1. The van der Waals surface area contributed by atoms with E-state index >= 15 is 0 Å². The van der Waals surface area contributed by atoms with Crippen molar-refractivity contribution in [3.05, 3.63) is 53.6 Å². The van der Waals surface area contributed by atoms with Crippen molar-refractivity contribution in [2.45, 2.75) is 25.8 Å². The standard InChI is InChI=1S/C19H18FN3O3/c1-4-19(2,3)23(14-7-8-22-15(11-14)18(21)26)17(25)10-12-9-13(20)5-6-16(12)24/h1,5-9,11,24H,10H2,2-3H3,(H2,21,26). The van der Waals surface area contributed by atoms with E-state index in [-0.39, 0.29) is 23.4 Å². The minimum absolute atomic E-state index is 0.0262. The molecule has 0 atom stereocenters. The summed E-state index contributed by atoms with van der Waals surface area (Å²) in [6, 6.07) is 6.20. The molecule has 0 aliphatic rings. The van der Waals surface area contributed by atoms with Gasteiger partial charge in [-0.25, -0.2) is 4.39 Å². The van der Waals surface area contributed by atoms with Gasteiger partial charge < -0.3 is 10.8 Å². The SMILES string of the molecule is C#CC(C)(C)N(C(=O)Cc1cc(F)ccc1O)c1ccnc(C(N)=O)c1. The molecule has 0 unspecified atom stereocenters. The van der Waals surface area contributed by atoms with E-state index in [4.69, 9.17) is 12.2 Å². The van der Waals surface area contributed by atoms with Crippen LogP contribution in [0.3, 0.4) is 0 Å². The summed E-state index contributed by atoms with van der Waals surface area (Å²) in [7, 11) is 0. The van der Waals surface area contributed by atoms with Crippen LogP contribution in [0.4, 0.5) is 10.1 Å². The minimum atomic E-state index is -1.06. The number of nitrogens with zero attached hydrogens (tertiary/aromatic N) is 2. The zero-order valence-corrected chi connectivity index (χ0v) is 14.4. The molecule has 0 bridgehead atoms. The molecule has 0 saturated heterocycles. The Morgan fingerprint density at radius 1 is 1.35 bits per heavy atom. The maximum absolute atomic E-state index is 13.4. The molecule has 2 aromatic rings. The summed E-state index contributed by atoms with van der Waals surface area (Å²) >= 11 is 0. The molecule has 2 rings (SSSR count). The van der Waals surface area contributed by atoms with Gasteiger partial charge in [0.15, 0.2) is 0 Å². The van der Waals surface area contributed by atoms with E-state index in [0.29, 0.717) is 5.69 Å². The first-order valence-electron chi connectivity index (χ1n) is 7.70. The predicted octanol–water partition coefficient (Wildman–Crippen LogP) is 2.01. The predicted molar refractivity (Wildman–Crippen MR) is 94.9 cm³/mol. The van der Waals surface area contributed by atoms with Crippen molar-refractivity contribution in [3.8, 4) is 18.1 Å². The second-order valence-corrected chi connectivity index (χ2v) is 6.15. The number of primary amides is 1. The van der Waals surface area contributed by atoms with E-state index in [1.807, 2.05) is 0 Å². The first kappa shape index (κ1) is 18.9. The van der Waals surface area contributed by atoms with Crippen molar-refractivity contribution in [2.75, 3.05) is 4.90 Å². The largest absolute Gasteiger partial charge is 0.508 e. The van der Waals surface area contributed by atoms with Crippen LogP contribution in [0, 0.1) is 18.2 Å². The third-order valence-corrected chi connectivity index (χ3v) is 3.80. The lowest BCUT2D eigenvalue weighted by molar-refractivity contribution is -0.118. The van der Waals surface area contributed by atoms with Crippen LogP contribution in [0.1, 0.15) is 29.9 Å². The molecule has 3 N–H and O–H groups in total. The van der Waals surface area contributed by atoms with Gasteiger partial charge in [0.2, 0.25) is 5.91 Å². The van der Waals surface area contributed by atoms with Crippen LogP contribution in [0.15, 0.2) is 36.5 Å². The van der Waals surface area contributed by atoms with Crippen molar-refractivity contribution < 1.29 is 19.1 Å². The van der Waals surface area contributed by atoms with Gasteiger partial charge in [0, 0.05) is 17.4 Å². The zero-order chi connectivity index (χ0) is 19.5. The summed E-state index contributed by atoms with van der Waals surface area (Å²) in [4.78, 5) is 29.4. The average molecular weight is 355 g/mol. The number of terminal acetylenes is 1. The Morgan fingerprint density at radius 3 is 2.65 bits per heavy atom. The van der Waals surface area contributed by atoms with Gasteiger partial charge in [-0.3, -0.25) is 19.5 Å². The van der Waals surface area contributed by atoms with Gasteiger partial charge in [-0.05, 0) is 44.2 Å². The van der Waals surface area contributed by atoms with Crippen molar-refractivity contribution in [2.24, 2.45) is 5.73 Å². The van der Waals surface area contributed by atoms with Crippen LogP contribution in [0.2, 0.25) is 0 Å². The summed E-state index contributed by atoms with van der Waals surface area (Å²) < 4.78 is 13.4. The fourth-order valence-corrected chi connectivity index (χ4v) is 2.47. The molecular formula is C19H18FN3O3. The molecule has 0 radical (unpaired) electrons. The molecular weight excluding hydrogens is 337 g/mol. The number of aromatic hydroxyl groups is 1. The Morgan fingerprint density at radius 2 is 2.04 bits per heavy atom. The maximum atomic E-state index is 13.4. The number of aromatic nitrogens is 1. The molecule has 2 amide bonds. The molecule has 1 heterocycles. The molecule has 0 fully saturated rings. The average Bonchev–Trinajstić information content (AvgIpc) is 2.58. The highest BCUT2D eigenvalue weighted by atomic mass is 19.1. The molecule has 26 heavy (non-hydrogen) atoms. The van der Waals surface area contributed by atoms with Crippen LogP contribution >= 0.6 is 0 Å². The van der Waals surface area contributed by atoms with Crippen molar-refractivity contribution >= 4 is 17.5 Å². The van der Waals surface area contributed by atoms with E-state index in [9.17, 15) is 19.1 Å². The summed E-state index contributed by atoms with van der Waals surface area (Å²) in [5.74, 6) is 0.495. The lowest BCUT2D eigenvalue weighted by atomic mass is 10.0. The lowest BCUT2D eigenvalue weighted by Crippen LogP contribution is -2.48. The molecule has 7 heteroatoms. The van der Waals surface area contributed by atoms with Crippen LogP contribution < -0.4 is 10.6 Å². The number of anilines is 1. The van der Waals surface area contributed by atoms with Crippen molar-refractivity contribution in [3.63, 3.8) is 0 Å². The van der Waals surface area contributed by atoms with Crippen LogP contribution in [0.5, 0.6) is 5.75 Å². The zero-order valence-electron chi connectivity index (χ0n) is 14.4. The number of amides is 2. The van der Waals surface area contributed by atoms with Gasteiger partial charge in [0.05, 0.1) is 6.42 Å². The van der Waals surface area contributed by atoms with E-state index in [1.54, 1.807) is 13.8 Å². The van der Waals surface area contributed by atoms with Crippen molar-refractivity contribution in [1.29, 1.82) is 0 Å². The second-order valence-electron chi connectivity index (χ2n) is 6.15. The van der Waals surface area contributed by atoms with Gasteiger partial charge in [-0.15, -0.1) is 6.42 Å². The fourth-order valence-electron chi connectivity index (χ4n) is 2.47. The monoisotopic (exact) mass is 355 g/mol. The Balaban J connectivity index is 2.47. The summed E-state index contributed by atoms with van der Waals surface area (Å²) in [5, 5.41) is 9.86. The molecule has 0 saturated carbocycles. The van der Waals surface area contributed by atoms with Gasteiger partial charge >= 0.3 is 0 Å². The molecule has 0 aliphatic carbocycles. The minimum Gasteiger partial charge on any atom is -0.508 e. The highest BCUT2D eigenvalue weighted by molar-refractivity contribution is 5.98. The first-order chi connectivity index (χ1) is 12.2. The number of phenols is 1. The number of rotatable bonds is 5. The smallest absolute Gasteiger partial charge is 0.267 e. The van der Waals surface area contributed by atoms with E-state index in [1.165, 1.54) is 29.3 Å². The maximum Gasteiger partial charge on any atom is 0.267 e. The van der Waals surface area contributed by atoms with E-state index < -0.39 is 23.2 Å². The number of carbonyl (C=O) groups excluding carboxylic acids is 2. The second kappa shape index (κ2) is 7.23. The summed E-state index contributed by atoms with van der Waals surface area (Å²) in [6.45, 7) is 3.28. The van der Waals surface area contributed by atoms with Gasteiger partial charge in [0.1, 0.15) is 22.8 Å². The third kappa shape index (κ3) is 3.98. The van der Waals surface area contributed by atoms with Gasteiger partial charge in [-0.1, -0.05) is 5.92 Å². The van der Waals surface area contributed by atoms with Crippen LogP contribution in [0.25, 0.3) is 0 Å². The molecule has 1 aromatic carbocycles. The molecule has 0 spiro atoms. The topological polar surface area (TPSA) is 96.5 Å². The van der Waals surface area contributed by atoms with Gasteiger partial charge in [-0.2, -0.15) is 0 Å². The van der Waals surface area contributed by atoms with Crippen LogP contribution in [-0.4, -0.2) is 27.4 Å². The van der Waals surface area contributed by atoms with Crippen LogP contribution in [-0.2, 0) is 11.2 Å². The fraction of sp³-hybridized carbons (Fsp3) is 0.211. The number of benzene rings is 1. The summed E-state index contributed by atoms with van der Waals surface area (Å²) in [5.41, 5.74) is 4.59. The molecule has 6 nitrogen and oxygen atoms in total. The normalized spacial score (nSPS) is 10.8. The Labute approximate surface area is 150 Å². The molecule has 134 valence electrons. The van der Waals surface area contributed by atoms with Crippen molar-refractivity contribution in [1.82, 2.24) is 4.98 Å². The molecule has 1 aromatic heterocycles. The quantitative estimate of drug-likeness (QED) is 0.802. The Kier molecular flexibility index (Phi) is 5.27. The number of halogens is 1. The third-order valence-electron chi connectivity index (χ3n) is 3.80. The lowest BCUT2D eigenvalue weighted by Gasteiger charge is -2.35. The number of carbonyl (C=O) groups is 2. The highest BCUT2D eigenvalue weighted by Gasteiger charge is 2.31. The first-order valence-corrected chi connectivity index (χ1v) is 7.70. The number of hydrogen-bond acceptors (Lipinski definition) is 4. The van der Waals surface area contributed by atoms with E-state index in [0.717, 1.165) is 12.1 Å². The Bertz CT molecular complexity index is 903.